The number of rotatable bonds is 1. The molecule has 0 atom stereocenters. The van der Waals surface area contributed by atoms with Crippen molar-refractivity contribution in [1.29, 1.82) is 0 Å². The Morgan fingerprint density at radius 1 is 1.45 bits per heavy atom. The molecule has 0 N–H and O–H groups in total. The summed E-state index contributed by atoms with van der Waals surface area (Å²) < 4.78 is 3.36. The quantitative estimate of drug-likeness (QED) is 0.711. The lowest BCUT2D eigenvalue weighted by Gasteiger charge is -2.08. The van der Waals surface area contributed by atoms with Gasteiger partial charge in [0.1, 0.15) is 3.70 Å². The van der Waals surface area contributed by atoms with Gasteiger partial charge in [-0.3, -0.25) is 0 Å². The number of imidazole rings is 1. The van der Waals surface area contributed by atoms with Crippen LogP contribution in [0.1, 0.15) is 31.7 Å². The summed E-state index contributed by atoms with van der Waals surface area (Å²) >= 11 is 2.26. The zero-order valence-corrected chi connectivity index (χ0v) is 8.49. The van der Waals surface area contributed by atoms with E-state index in [0.29, 0.717) is 0 Å². The Labute approximate surface area is 80.2 Å². The van der Waals surface area contributed by atoms with Crippen LogP contribution in [0.25, 0.3) is 0 Å². The Hall–Kier alpha value is -0.0600. The van der Waals surface area contributed by atoms with Crippen LogP contribution in [0.2, 0.25) is 0 Å². The van der Waals surface area contributed by atoms with E-state index < -0.39 is 0 Å². The molecule has 1 saturated carbocycles. The van der Waals surface area contributed by atoms with Gasteiger partial charge in [0, 0.05) is 12.2 Å². The molecule has 0 spiro atoms. The maximum Gasteiger partial charge on any atom is 0.119 e. The van der Waals surface area contributed by atoms with Gasteiger partial charge in [-0.25, -0.2) is 4.98 Å². The van der Waals surface area contributed by atoms with Crippen LogP contribution in [0.3, 0.4) is 0 Å². The average molecular weight is 262 g/mol. The summed E-state index contributed by atoms with van der Waals surface area (Å²) in [5, 5.41) is 0. The van der Waals surface area contributed by atoms with E-state index in [2.05, 4.69) is 38.3 Å². The molecule has 11 heavy (non-hydrogen) atoms. The lowest BCUT2D eigenvalue weighted by Crippen LogP contribution is -2.00. The highest BCUT2D eigenvalue weighted by molar-refractivity contribution is 14.1. The molecule has 0 bridgehead atoms. The average Bonchev–Trinajstić information content (AvgIpc) is 2.55. The predicted octanol–water partition coefficient (Wildman–Crippen LogP) is 2.60. The molecule has 1 aromatic rings. The standard InChI is InChI=1S/C8H11IN2/c9-8-5-11(6-10-8)7-3-1-2-4-7/h5-7H,1-4H2. The van der Waals surface area contributed by atoms with Crippen molar-refractivity contribution >= 4 is 22.6 Å². The Morgan fingerprint density at radius 2 is 2.18 bits per heavy atom. The number of hydrogen-bond acceptors (Lipinski definition) is 1. The minimum absolute atomic E-state index is 0.742. The summed E-state index contributed by atoms with van der Waals surface area (Å²) in [7, 11) is 0. The van der Waals surface area contributed by atoms with Crippen LogP contribution in [0, 0.1) is 3.70 Å². The molecule has 1 aromatic heterocycles. The van der Waals surface area contributed by atoms with E-state index in [-0.39, 0.29) is 0 Å². The topological polar surface area (TPSA) is 17.8 Å². The lowest BCUT2D eigenvalue weighted by molar-refractivity contribution is 0.518. The highest BCUT2D eigenvalue weighted by atomic mass is 127. The second-order valence-corrected chi connectivity index (χ2v) is 4.19. The van der Waals surface area contributed by atoms with Crippen molar-refractivity contribution < 1.29 is 0 Å². The summed E-state index contributed by atoms with van der Waals surface area (Å²) in [6.45, 7) is 0. The van der Waals surface area contributed by atoms with Crippen molar-refractivity contribution in [1.82, 2.24) is 9.55 Å². The van der Waals surface area contributed by atoms with Crippen molar-refractivity contribution in [3.05, 3.63) is 16.2 Å². The SMILES string of the molecule is Ic1cn(C2CCCC2)cn1. The van der Waals surface area contributed by atoms with E-state index in [1.807, 2.05) is 6.33 Å². The van der Waals surface area contributed by atoms with Gasteiger partial charge in [-0.1, -0.05) is 12.8 Å². The van der Waals surface area contributed by atoms with Crippen LogP contribution in [0.5, 0.6) is 0 Å². The summed E-state index contributed by atoms with van der Waals surface area (Å²) in [6, 6.07) is 0.742. The summed E-state index contributed by atoms with van der Waals surface area (Å²) in [6.07, 6.45) is 9.55. The molecule has 2 nitrogen and oxygen atoms in total. The highest BCUT2D eigenvalue weighted by Gasteiger charge is 2.16. The molecule has 1 aliphatic rings. The first-order valence-electron chi connectivity index (χ1n) is 4.05. The molecule has 0 aromatic carbocycles. The zero-order chi connectivity index (χ0) is 7.68. The molecule has 0 aliphatic heterocycles. The molecule has 0 unspecified atom stereocenters. The third kappa shape index (κ3) is 1.58. The van der Waals surface area contributed by atoms with Gasteiger partial charge in [0.05, 0.1) is 6.33 Å². The van der Waals surface area contributed by atoms with Crippen molar-refractivity contribution in [3.63, 3.8) is 0 Å². The molecule has 1 heterocycles. The lowest BCUT2D eigenvalue weighted by atomic mass is 10.2. The van der Waals surface area contributed by atoms with Crippen LogP contribution in [-0.2, 0) is 0 Å². The van der Waals surface area contributed by atoms with Crippen LogP contribution < -0.4 is 0 Å². The first-order chi connectivity index (χ1) is 5.36. The van der Waals surface area contributed by atoms with Crippen molar-refractivity contribution in [2.75, 3.05) is 0 Å². The molecular formula is C8H11IN2. The molecule has 3 heteroatoms. The van der Waals surface area contributed by atoms with E-state index in [4.69, 9.17) is 0 Å². The summed E-state index contributed by atoms with van der Waals surface area (Å²) in [5.41, 5.74) is 0. The Bertz CT molecular complexity index is 238. The second-order valence-electron chi connectivity index (χ2n) is 3.08. The second kappa shape index (κ2) is 3.13. The molecule has 0 radical (unpaired) electrons. The Kier molecular flexibility index (Phi) is 2.16. The van der Waals surface area contributed by atoms with Gasteiger partial charge in [0.15, 0.2) is 0 Å². The molecule has 0 amide bonds. The predicted molar refractivity (Wildman–Crippen MR) is 52.4 cm³/mol. The van der Waals surface area contributed by atoms with Crippen LogP contribution in [0.15, 0.2) is 12.5 Å². The Balaban J connectivity index is 2.15. The van der Waals surface area contributed by atoms with Gasteiger partial charge in [0.2, 0.25) is 0 Å². The molecule has 1 aliphatic carbocycles. The number of halogens is 1. The van der Waals surface area contributed by atoms with Crippen molar-refractivity contribution in [3.8, 4) is 0 Å². The van der Waals surface area contributed by atoms with E-state index in [9.17, 15) is 0 Å². The van der Waals surface area contributed by atoms with Crippen LogP contribution >= 0.6 is 22.6 Å². The van der Waals surface area contributed by atoms with Crippen LogP contribution in [0.4, 0.5) is 0 Å². The normalized spacial score (nSPS) is 19.4. The van der Waals surface area contributed by atoms with Gasteiger partial charge in [-0.2, -0.15) is 0 Å². The van der Waals surface area contributed by atoms with Gasteiger partial charge in [0.25, 0.3) is 0 Å². The first-order valence-corrected chi connectivity index (χ1v) is 5.13. The van der Waals surface area contributed by atoms with Gasteiger partial charge < -0.3 is 4.57 Å². The highest BCUT2D eigenvalue weighted by Crippen LogP contribution is 2.29. The van der Waals surface area contributed by atoms with E-state index in [1.54, 1.807) is 0 Å². The van der Waals surface area contributed by atoms with E-state index >= 15 is 0 Å². The summed E-state index contributed by atoms with van der Waals surface area (Å²) in [5.74, 6) is 0. The number of hydrogen-bond donors (Lipinski definition) is 0. The van der Waals surface area contributed by atoms with Gasteiger partial charge >= 0.3 is 0 Å². The van der Waals surface area contributed by atoms with Gasteiger partial charge in [-0.05, 0) is 35.4 Å². The third-order valence-corrected chi connectivity index (χ3v) is 2.87. The fourth-order valence-corrected chi connectivity index (χ4v) is 2.16. The first kappa shape index (κ1) is 7.58. The third-order valence-electron chi connectivity index (χ3n) is 2.32. The van der Waals surface area contributed by atoms with E-state index in [1.165, 1.54) is 25.7 Å². The fourth-order valence-electron chi connectivity index (χ4n) is 1.71. The maximum absolute atomic E-state index is 4.21. The monoisotopic (exact) mass is 262 g/mol. The Morgan fingerprint density at radius 3 is 2.73 bits per heavy atom. The molecule has 1 fully saturated rings. The maximum atomic E-state index is 4.21. The molecular weight excluding hydrogens is 251 g/mol. The molecule has 60 valence electrons. The van der Waals surface area contributed by atoms with Crippen LogP contribution in [-0.4, -0.2) is 9.55 Å². The van der Waals surface area contributed by atoms with Crippen molar-refractivity contribution in [2.24, 2.45) is 0 Å². The minimum atomic E-state index is 0.742. The van der Waals surface area contributed by atoms with Crippen molar-refractivity contribution in [2.45, 2.75) is 31.7 Å². The smallest absolute Gasteiger partial charge is 0.119 e. The van der Waals surface area contributed by atoms with E-state index in [0.717, 1.165) is 9.74 Å². The largest absolute Gasteiger partial charge is 0.333 e. The minimum Gasteiger partial charge on any atom is -0.333 e. The summed E-state index contributed by atoms with van der Waals surface area (Å²) in [4.78, 5) is 4.21. The molecule has 2 rings (SSSR count). The van der Waals surface area contributed by atoms with Gasteiger partial charge in [-0.15, -0.1) is 0 Å². The number of aromatic nitrogens is 2. The number of nitrogens with zero attached hydrogens (tertiary/aromatic N) is 2. The molecule has 0 saturated heterocycles. The fraction of sp³-hybridized carbons (Fsp3) is 0.625. The zero-order valence-electron chi connectivity index (χ0n) is 6.33.